The van der Waals surface area contributed by atoms with Crippen molar-refractivity contribution in [1.82, 2.24) is 26.6 Å². The second-order valence-corrected chi connectivity index (χ2v) is 34.4. The summed E-state index contributed by atoms with van der Waals surface area (Å²) in [5, 5.41) is 328. The van der Waals surface area contributed by atoms with E-state index in [2.05, 4.69) is 26.6 Å². The maximum Gasteiger partial charge on any atom is 0.217 e. The third kappa shape index (κ3) is 24.9. The fourth-order valence-electron chi connectivity index (χ4n) is 17.6. The van der Waals surface area contributed by atoms with E-state index in [9.17, 15) is 167 Å². The Labute approximate surface area is 765 Å². The molecule has 33 N–H and O–H groups in total. The Kier molecular flexibility index (Phi) is 39.9. The lowest BCUT2D eigenvalue weighted by molar-refractivity contribution is -0.406. The summed E-state index contributed by atoms with van der Waals surface area (Å²) in [5.74, 6) is -4.64. The van der Waals surface area contributed by atoms with Crippen LogP contribution in [0.1, 0.15) is 41.5 Å². The molecule has 11 heterocycles. The first-order chi connectivity index (χ1) is 63.9. The van der Waals surface area contributed by atoms with Crippen molar-refractivity contribution in [3.05, 3.63) is 0 Å². The van der Waals surface area contributed by atoms with Crippen molar-refractivity contribution in [2.75, 3.05) is 72.7 Å². The van der Waals surface area contributed by atoms with Crippen LogP contribution >= 0.6 is 0 Å². The molecule has 11 fully saturated rings. The van der Waals surface area contributed by atoms with Crippen molar-refractivity contribution in [3.63, 3.8) is 0 Å². The van der Waals surface area contributed by atoms with Crippen LogP contribution in [0.5, 0.6) is 0 Å². The lowest BCUT2D eigenvalue weighted by Crippen LogP contribution is -2.71. The molecule has 59 nitrogen and oxygen atoms in total. The van der Waals surface area contributed by atoms with Gasteiger partial charge in [0.05, 0.1) is 84.8 Å². The molecule has 5 amide bonds. The minimum absolute atomic E-state index is 0.477. The Hall–Kier alpha value is -4.61. The van der Waals surface area contributed by atoms with Gasteiger partial charge in [-0.1, -0.05) is 0 Å². The van der Waals surface area contributed by atoms with Crippen LogP contribution in [0.3, 0.4) is 0 Å². The van der Waals surface area contributed by atoms with Crippen molar-refractivity contribution < 1.29 is 266 Å². The van der Waals surface area contributed by atoms with Gasteiger partial charge in [-0.25, -0.2) is 0 Å². The average molecular weight is 1970 g/mol. The Balaban J connectivity index is 0.981. The van der Waals surface area contributed by atoms with Crippen molar-refractivity contribution in [2.45, 2.75) is 373 Å². The van der Waals surface area contributed by atoms with E-state index >= 15 is 0 Å². The summed E-state index contributed by atoms with van der Waals surface area (Å²) in [6.07, 6.45) is -103. The monoisotopic (exact) mass is 1970 g/mol. The number of ether oxygens (including phenoxy) is 21. The van der Waals surface area contributed by atoms with Gasteiger partial charge >= 0.3 is 0 Å². The number of hydrogen-bond donors (Lipinski definition) is 33. The van der Waals surface area contributed by atoms with E-state index in [4.69, 9.17) is 99.5 Å². The maximum atomic E-state index is 13.4. The zero-order chi connectivity index (χ0) is 99.2. The zero-order valence-electron chi connectivity index (χ0n) is 73.1. The molecule has 0 aliphatic carbocycles. The molecule has 0 aromatic heterocycles. The standard InChI is InChI=1S/C76H127N5O54/c1-18-39(95)50(106)54(110)71(118-18)116-17-34-63(40(96)24(15-115-34)77-19(2)90)129-69-37(80-22(5)93)48(104)61(31(13-88)124-69)132-74-58(114)64(45(101)33(127-74)16-117-75-65(53(109)44(100)28(10-85)122-75)134-67-35(78-20(3)91)46(102)41(97)25(7-82)119-67)133-76-66(135-70-38(81-23(6)94)49(105)60(30(12-87)125-70)131-73-56(112)52(108)43(99)27(9-84)121-73)57(113)62(32(14-89)126-76)128-68-36(79-21(4)92)47(103)59(29(11-86)123-68)130-72-55(111)51(107)42(98)26(8-83)120-72/h18,24-76,82-89,95-114H,7-17H2,1-6H3,(H,77,90)(H,78,91)(H,79,92)(H,80,93)(H,81,94)/t18-,24-,25+,26+,27+,28+,29+,30+,31+,32+,33+,34+,35+,36+,37+,38+,39+,40+,41+,42-,43-,44+,45+,46+,47+,48+,49+,50+,51-,52-,53-,54-,55+,56+,57-,58-,59+,60+,61+,62+,63+,64-,65-,66-,67-,68-,69-,70-,71-,72-,73-,74-,75-,76+/m0/s1. The molecule has 11 saturated heterocycles. The van der Waals surface area contributed by atoms with E-state index < -0.39 is 433 Å². The molecule has 11 aliphatic rings. The molecule has 54 atom stereocenters. The number of carbonyl (C=O) groups is 5. The average Bonchev–Trinajstić information content (AvgIpc) is 0.757. The van der Waals surface area contributed by atoms with Crippen LogP contribution in [0.4, 0.5) is 0 Å². The summed E-state index contributed by atoms with van der Waals surface area (Å²) in [5.41, 5.74) is 0. The highest BCUT2D eigenvalue weighted by molar-refractivity contribution is 5.75. The smallest absolute Gasteiger partial charge is 0.217 e. The van der Waals surface area contributed by atoms with Crippen LogP contribution < -0.4 is 26.6 Å². The molecule has 0 spiro atoms. The van der Waals surface area contributed by atoms with Gasteiger partial charge in [-0.15, -0.1) is 0 Å². The Morgan fingerprint density at radius 2 is 0.504 bits per heavy atom. The second kappa shape index (κ2) is 48.6. The molecule has 0 aromatic rings. The third-order valence-electron chi connectivity index (χ3n) is 24.9. The molecule has 135 heavy (non-hydrogen) atoms. The first-order valence-corrected chi connectivity index (χ1v) is 43.4. The number of carbonyl (C=O) groups excluding carboxylic acids is 5. The topological polar surface area (TPSA) is 906 Å². The fraction of sp³-hybridized carbons (Fsp3) is 0.934. The lowest BCUT2D eigenvalue weighted by atomic mass is 9.93. The third-order valence-corrected chi connectivity index (χ3v) is 24.9. The van der Waals surface area contributed by atoms with Crippen LogP contribution in [-0.4, -0.2) is 576 Å². The van der Waals surface area contributed by atoms with Gasteiger partial charge in [-0.2, -0.15) is 0 Å². The first kappa shape index (κ1) is 111. The lowest BCUT2D eigenvalue weighted by Gasteiger charge is -2.52. The molecule has 11 aliphatic heterocycles. The molecule has 0 aromatic carbocycles. The van der Waals surface area contributed by atoms with E-state index in [0.29, 0.717) is 0 Å². The Morgan fingerprint density at radius 3 is 0.904 bits per heavy atom. The highest BCUT2D eigenvalue weighted by Gasteiger charge is 2.63. The van der Waals surface area contributed by atoms with Gasteiger partial charge in [-0.3, -0.25) is 24.0 Å². The number of aliphatic hydroxyl groups is 28. The van der Waals surface area contributed by atoms with Gasteiger partial charge in [0, 0.05) is 34.6 Å². The highest BCUT2D eigenvalue weighted by atomic mass is 16.8. The largest absolute Gasteiger partial charge is 0.394 e. The maximum absolute atomic E-state index is 13.4. The van der Waals surface area contributed by atoms with Crippen molar-refractivity contribution in [3.8, 4) is 0 Å². The Morgan fingerprint density at radius 1 is 0.230 bits per heavy atom. The van der Waals surface area contributed by atoms with Gasteiger partial charge in [-0.05, 0) is 6.92 Å². The van der Waals surface area contributed by atoms with Gasteiger partial charge < -0.3 is 269 Å². The van der Waals surface area contributed by atoms with Gasteiger partial charge in [0.15, 0.2) is 62.9 Å². The van der Waals surface area contributed by atoms with Crippen LogP contribution in [-0.2, 0) is 123 Å². The first-order valence-electron chi connectivity index (χ1n) is 43.4. The molecule has 0 radical (unpaired) electrons. The zero-order valence-corrected chi connectivity index (χ0v) is 73.1. The van der Waals surface area contributed by atoms with E-state index in [0.717, 1.165) is 34.6 Å². The molecule has 0 saturated carbocycles. The fourth-order valence-corrected chi connectivity index (χ4v) is 17.6. The molecular weight excluding hydrogens is 1850 g/mol. The van der Waals surface area contributed by atoms with E-state index in [1.54, 1.807) is 0 Å². The summed E-state index contributed by atoms with van der Waals surface area (Å²) in [6, 6.07) is -9.30. The van der Waals surface area contributed by atoms with E-state index in [1.807, 2.05) is 0 Å². The molecule has 0 bridgehead atoms. The van der Waals surface area contributed by atoms with Gasteiger partial charge in [0.1, 0.15) is 256 Å². The molecular formula is C76H127N5O54. The molecule has 11 rings (SSSR count). The minimum atomic E-state index is -2.73. The number of amides is 5. The van der Waals surface area contributed by atoms with Crippen molar-refractivity contribution >= 4 is 29.5 Å². The van der Waals surface area contributed by atoms with Crippen LogP contribution in [0.2, 0.25) is 0 Å². The van der Waals surface area contributed by atoms with Crippen molar-refractivity contribution in [2.24, 2.45) is 0 Å². The molecule has 59 heteroatoms. The second-order valence-electron chi connectivity index (χ2n) is 34.4. The number of aliphatic hydroxyl groups excluding tert-OH is 28. The van der Waals surface area contributed by atoms with Gasteiger partial charge in [0.2, 0.25) is 29.5 Å². The summed E-state index contributed by atoms with van der Waals surface area (Å²) in [4.78, 5) is 65.2. The van der Waals surface area contributed by atoms with Crippen LogP contribution in [0.25, 0.3) is 0 Å². The summed E-state index contributed by atoms with van der Waals surface area (Å²) >= 11 is 0. The van der Waals surface area contributed by atoms with Crippen LogP contribution in [0.15, 0.2) is 0 Å². The quantitative estimate of drug-likeness (QED) is 0.0280. The van der Waals surface area contributed by atoms with E-state index in [1.165, 1.54) is 6.92 Å². The SMILES string of the molecule is CC(=O)N[C@H]1[C@H](O[C@H]2[C@H](O)[C@@H](NC(C)=O)CO[C@@H]2CO[C@H]2O[C@@H](C)[C@@H](O)[C@@H](O)[C@@H]2O)O[C@H](CO)[C@@H](O[C@@H]2O[C@H](CO[C@H]3O[C@H](CO)[C@@H](O)[C@H](O)[C@@H]3O[C@@H]3O[C@H](CO)[C@@H](O)[C@H](O)[C@H]3NC(C)=O)[C@@H](O)[C@H](O[C@H]3O[C@H](CO)[C@@H](O[C@@H]4O[C@H](CO)[C@@H](O[C@@H]5O[C@H](CO)[C@H](O)[C@H](O)[C@H]5O)[C@H](O)[C@H]4NC(C)=O)[C@H](O)[C@@H]3O[C@@H]3O[C@H](CO)[C@@H](O[C@@H]4O[C@H](CO)[C@H](O)[C@H](O)[C@H]4O)[C@H](O)[C@H]3NC(C)=O)[C@@H]2O)[C@@H]1O. The normalized spacial score (nSPS) is 48.9. The number of rotatable bonds is 35. The van der Waals surface area contributed by atoms with Crippen LogP contribution in [0, 0.1) is 0 Å². The summed E-state index contributed by atoms with van der Waals surface area (Å²) < 4.78 is 127. The highest BCUT2D eigenvalue weighted by Crippen LogP contribution is 2.42. The molecule has 0 unspecified atom stereocenters. The summed E-state index contributed by atoms with van der Waals surface area (Å²) in [7, 11) is 0. The number of nitrogens with one attached hydrogen (secondary N) is 5. The predicted molar refractivity (Wildman–Crippen MR) is 418 cm³/mol. The summed E-state index contributed by atoms with van der Waals surface area (Å²) in [6.45, 7) is -5.69. The minimum Gasteiger partial charge on any atom is -0.394 e. The van der Waals surface area contributed by atoms with Crippen molar-refractivity contribution in [1.29, 1.82) is 0 Å². The molecule has 780 valence electrons. The number of hydrogen-bond acceptors (Lipinski definition) is 54. The van der Waals surface area contributed by atoms with E-state index in [-0.39, 0.29) is 0 Å². The van der Waals surface area contributed by atoms with Gasteiger partial charge in [0.25, 0.3) is 0 Å². The predicted octanol–water partition coefficient (Wildman–Crippen LogP) is -22.6. The Bertz CT molecular complexity index is 3720.